The van der Waals surface area contributed by atoms with Gasteiger partial charge in [0, 0.05) is 31.7 Å². The van der Waals surface area contributed by atoms with Gasteiger partial charge >= 0.3 is 0 Å². The topological polar surface area (TPSA) is 102 Å². The summed E-state index contributed by atoms with van der Waals surface area (Å²) in [7, 11) is -3.52. The van der Waals surface area contributed by atoms with Gasteiger partial charge in [-0.05, 0) is 24.3 Å². The van der Waals surface area contributed by atoms with E-state index in [1.165, 1.54) is 22.8 Å². The molecule has 4 heterocycles. The SMILES string of the molecule is O=S(=O)(c1cccnc1)N1CC(c2nc(-c3ccccn3)no2)C1. The van der Waals surface area contributed by atoms with Gasteiger partial charge in [0.25, 0.3) is 0 Å². The maximum atomic E-state index is 12.4. The second kappa shape index (κ2) is 5.77. The van der Waals surface area contributed by atoms with Crippen LogP contribution in [0.4, 0.5) is 0 Å². The predicted molar refractivity (Wildman–Crippen MR) is 83.3 cm³/mol. The lowest BCUT2D eigenvalue weighted by molar-refractivity contribution is 0.217. The van der Waals surface area contributed by atoms with Crippen molar-refractivity contribution in [3.8, 4) is 11.5 Å². The molecular weight excluding hydrogens is 330 g/mol. The van der Waals surface area contributed by atoms with Crippen molar-refractivity contribution in [2.45, 2.75) is 10.8 Å². The van der Waals surface area contributed by atoms with Gasteiger partial charge in [0.1, 0.15) is 10.6 Å². The molecule has 9 heteroatoms. The second-order valence-electron chi connectivity index (χ2n) is 5.38. The van der Waals surface area contributed by atoms with E-state index in [9.17, 15) is 8.42 Å². The van der Waals surface area contributed by atoms with Crippen LogP contribution in [-0.4, -0.2) is 45.9 Å². The van der Waals surface area contributed by atoms with Gasteiger partial charge in [-0.15, -0.1) is 0 Å². The van der Waals surface area contributed by atoms with Crippen LogP contribution in [0.15, 0.2) is 58.3 Å². The van der Waals surface area contributed by atoms with E-state index in [-0.39, 0.29) is 10.8 Å². The molecule has 3 aromatic rings. The number of pyridine rings is 2. The third-order valence-corrected chi connectivity index (χ3v) is 5.62. The van der Waals surface area contributed by atoms with E-state index < -0.39 is 10.0 Å². The van der Waals surface area contributed by atoms with E-state index in [1.807, 2.05) is 6.07 Å². The van der Waals surface area contributed by atoms with Crippen molar-refractivity contribution < 1.29 is 12.9 Å². The number of sulfonamides is 1. The second-order valence-corrected chi connectivity index (χ2v) is 7.32. The van der Waals surface area contributed by atoms with Gasteiger partial charge in [-0.1, -0.05) is 11.2 Å². The highest BCUT2D eigenvalue weighted by molar-refractivity contribution is 7.89. The first kappa shape index (κ1) is 14.9. The molecule has 0 bridgehead atoms. The minimum Gasteiger partial charge on any atom is -0.339 e. The van der Waals surface area contributed by atoms with Gasteiger partial charge in [0.05, 0.1) is 5.92 Å². The Hall–Kier alpha value is -2.65. The summed E-state index contributed by atoms with van der Waals surface area (Å²) in [4.78, 5) is 12.5. The first-order valence-electron chi connectivity index (χ1n) is 7.30. The van der Waals surface area contributed by atoms with E-state index in [0.29, 0.717) is 30.5 Å². The smallest absolute Gasteiger partial charge is 0.244 e. The highest BCUT2D eigenvalue weighted by Crippen LogP contribution is 2.31. The zero-order valence-electron chi connectivity index (χ0n) is 12.5. The van der Waals surface area contributed by atoms with Crippen molar-refractivity contribution in [2.24, 2.45) is 0 Å². The van der Waals surface area contributed by atoms with Crippen molar-refractivity contribution in [1.29, 1.82) is 0 Å². The lowest BCUT2D eigenvalue weighted by Gasteiger charge is -2.35. The summed E-state index contributed by atoms with van der Waals surface area (Å²) in [5.74, 6) is 0.717. The minimum atomic E-state index is -3.52. The molecule has 8 nitrogen and oxygen atoms in total. The van der Waals surface area contributed by atoms with Crippen molar-refractivity contribution in [3.05, 3.63) is 54.8 Å². The monoisotopic (exact) mass is 343 g/mol. The fourth-order valence-electron chi connectivity index (χ4n) is 2.44. The molecule has 0 unspecified atom stereocenters. The lowest BCUT2D eigenvalue weighted by Crippen LogP contribution is -2.48. The number of hydrogen-bond acceptors (Lipinski definition) is 7. The molecule has 0 N–H and O–H groups in total. The Morgan fingerprint density at radius 2 is 2.00 bits per heavy atom. The molecule has 1 aliphatic rings. The molecule has 0 aliphatic carbocycles. The average molecular weight is 343 g/mol. The molecule has 0 spiro atoms. The quantitative estimate of drug-likeness (QED) is 0.704. The standard InChI is InChI=1S/C15H13N5O3S/c21-24(22,12-4-3-6-16-8-12)20-9-11(10-20)15-18-14(19-23-15)13-5-1-2-7-17-13/h1-8,11H,9-10H2. The summed E-state index contributed by atoms with van der Waals surface area (Å²) < 4.78 is 31.5. The Morgan fingerprint density at radius 1 is 1.12 bits per heavy atom. The average Bonchev–Trinajstić information content (AvgIpc) is 3.04. The highest BCUT2D eigenvalue weighted by Gasteiger charge is 2.40. The Bertz CT molecular complexity index is 938. The molecule has 1 fully saturated rings. The van der Waals surface area contributed by atoms with Gasteiger partial charge in [0.15, 0.2) is 0 Å². The van der Waals surface area contributed by atoms with Gasteiger partial charge in [-0.3, -0.25) is 9.97 Å². The van der Waals surface area contributed by atoms with Crippen LogP contribution in [0.1, 0.15) is 11.8 Å². The first-order valence-corrected chi connectivity index (χ1v) is 8.74. The van der Waals surface area contributed by atoms with Crippen LogP contribution >= 0.6 is 0 Å². The number of hydrogen-bond donors (Lipinski definition) is 0. The molecule has 0 aromatic carbocycles. The largest absolute Gasteiger partial charge is 0.339 e. The summed E-state index contributed by atoms with van der Waals surface area (Å²) in [6, 6.07) is 8.55. The fraction of sp³-hybridized carbons (Fsp3) is 0.200. The normalized spacial score (nSPS) is 16.0. The van der Waals surface area contributed by atoms with Crippen molar-refractivity contribution >= 4 is 10.0 Å². The Balaban J connectivity index is 1.48. The maximum Gasteiger partial charge on any atom is 0.244 e. The summed E-state index contributed by atoms with van der Waals surface area (Å²) in [6.07, 6.45) is 4.53. The Kier molecular flexibility index (Phi) is 3.58. The maximum absolute atomic E-state index is 12.4. The number of aromatic nitrogens is 4. The van der Waals surface area contributed by atoms with Crippen molar-refractivity contribution in [2.75, 3.05) is 13.1 Å². The van der Waals surface area contributed by atoms with E-state index in [2.05, 4.69) is 20.1 Å². The molecular formula is C15H13N5O3S. The molecule has 1 saturated heterocycles. The first-order chi connectivity index (χ1) is 11.6. The Labute approximate surface area is 138 Å². The van der Waals surface area contributed by atoms with Crippen LogP contribution in [-0.2, 0) is 10.0 Å². The molecule has 3 aromatic heterocycles. The summed E-state index contributed by atoms with van der Waals surface area (Å²) in [5.41, 5.74) is 0.617. The summed E-state index contributed by atoms with van der Waals surface area (Å²) in [5, 5.41) is 3.91. The van der Waals surface area contributed by atoms with E-state index in [4.69, 9.17) is 4.52 Å². The molecule has 122 valence electrons. The van der Waals surface area contributed by atoms with Crippen LogP contribution in [0.2, 0.25) is 0 Å². The molecule has 0 radical (unpaired) electrons. The van der Waals surface area contributed by atoms with Gasteiger partial charge in [-0.25, -0.2) is 8.42 Å². The molecule has 0 saturated carbocycles. The number of nitrogens with zero attached hydrogens (tertiary/aromatic N) is 5. The van der Waals surface area contributed by atoms with Crippen LogP contribution in [0.5, 0.6) is 0 Å². The van der Waals surface area contributed by atoms with Gasteiger partial charge in [0.2, 0.25) is 21.7 Å². The van der Waals surface area contributed by atoms with Crippen LogP contribution in [0.3, 0.4) is 0 Å². The summed E-state index contributed by atoms with van der Waals surface area (Å²) >= 11 is 0. The van der Waals surface area contributed by atoms with Crippen LogP contribution in [0.25, 0.3) is 11.5 Å². The molecule has 0 amide bonds. The number of rotatable bonds is 4. The van der Waals surface area contributed by atoms with Crippen molar-refractivity contribution in [3.63, 3.8) is 0 Å². The molecule has 4 rings (SSSR count). The fourth-order valence-corrected chi connectivity index (χ4v) is 3.93. The third-order valence-electron chi connectivity index (χ3n) is 3.81. The zero-order chi connectivity index (χ0) is 16.6. The van der Waals surface area contributed by atoms with E-state index in [1.54, 1.807) is 24.4 Å². The summed E-state index contributed by atoms with van der Waals surface area (Å²) in [6.45, 7) is 0.613. The predicted octanol–water partition coefficient (Wildman–Crippen LogP) is 1.31. The van der Waals surface area contributed by atoms with Crippen LogP contribution < -0.4 is 0 Å². The Morgan fingerprint density at radius 3 is 2.71 bits per heavy atom. The third kappa shape index (κ3) is 2.57. The van der Waals surface area contributed by atoms with Crippen LogP contribution in [0, 0.1) is 0 Å². The highest BCUT2D eigenvalue weighted by atomic mass is 32.2. The van der Waals surface area contributed by atoms with E-state index >= 15 is 0 Å². The molecule has 24 heavy (non-hydrogen) atoms. The molecule has 0 atom stereocenters. The zero-order valence-corrected chi connectivity index (χ0v) is 13.3. The minimum absolute atomic E-state index is 0.110. The van der Waals surface area contributed by atoms with E-state index in [0.717, 1.165) is 0 Å². The lowest BCUT2D eigenvalue weighted by atomic mass is 10.0. The van der Waals surface area contributed by atoms with Crippen molar-refractivity contribution in [1.82, 2.24) is 24.4 Å². The molecule has 1 aliphatic heterocycles. The van der Waals surface area contributed by atoms with Gasteiger partial charge < -0.3 is 4.52 Å². The van der Waals surface area contributed by atoms with Gasteiger partial charge in [-0.2, -0.15) is 9.29 Å².